The smallest absolute Gasteiger partial charge is 0.273 e. The van der Waals surface area contributed by atoms with Gasteiger partial charge in [0.2, 0.25) is 0 Å². The number of aromatic nitrogens is 2. The number of nitrogens with two attached hydrogens (primary N) is 1. The van der Waals surface area contributed by atoms with E-state index in [1.54, 1.807) is 12.1 Å². The van der Waals surface area contributed by atoms with Crippen LogP contribution in [-0.2, 0) is 0 Å². The number of amides is 1. The van der Waals surface area contributed by atoms with Gasteiger partial charge in [0.25, 0.3) is 5.91 Å². The van der Waals surface area contributed by atoms with Crippen molar-refractivity contribution in [3.8, 4) is 11.5 Å². The van der Waals surface area contributed by atoms with E-state index < -0.39 is 0 Å². The highest BCUT2D eigenvalue weighted by atomic mass is 16.3. The molecular weight excluding hydrogens is 208 g/mol. The number of carbonyl (C=O) groups is 1. The summed E-state index contributed by atoms with van der Waals surface area (Å²) < 4.78 is 5.15. The van der Waals surface area contributed by atoms with Crippen molar-refractivity contribution in [2.45, 2.75) is 0 Å². The second-order valence-electron chi connectivity index (χ2n) is 3.05. The molecular formula is C10H10N4O2. The molecule has 82 valence electrons. The molecule has 0 saturated carbocycles. The maximum atomic E-state index is 11.4. The molecule has 0 unspecified atom stereocenters. The van der Waals surface area contributed by atoms with Gasteiger partial charge in [-0.3, -0.25) is 4.79 Å². The first-order valence-electron chi connectivity index (χ1n) is 4.61. The van der Waals surface area contributed by atoms with Gasteiger partial charge in [0.15, 0.2) is 17.3 Å². The lowest BCUT2D eigenvalue weighted by Gasteiger charge is -2.03. The quantitative estimate of drug-likeness (QED) is 0.772. The molecule has 0 spiro atoms. The van der Waals surface area contributed by atoms with Gasteiger partial charge in [-0.15, -0.1) is 0 Å². The zero-order valence-electron chi connectivity index (χ0n) is 8.60. The van der Waals surface area contributed by atoms with Crippen molar-refractivity contribution in [1.82, 2.24) is 15.3 Å². The van der Waals surface area contributed by atoms with Crippen LogP contribution < -0.4 is 11.1 Å². The van der Waals surface area contributed by atoms with Crippen LogP contribution in [0.4, 0.5) is 5.82 Å². The molecule has 0 saturated heterocycles. The van der Waals surface area contributed by atoms with Crippen molar-refractivity contribution in [2.75, 3.05) is 12.8 Å². The Bertz CT molecular complexity index is 508. The zero-order chi connectivity index (χ0) is 11.5. The van der Waals surface area contributed by atoms with E-state index in [0.717, 1.165) is 0 Å². The first-order chi connectivity index (χ1) is 7.72. The van der Waals surface area contributed by atoms with Crippen LogP contribution in [0.15, 0.2) is 29.0 Å². The SMILES string of the molecule is CNC(=O)c1nc(-c2ccco2)cnc1N. The van der Waals surface area contributed by atoms with Crippen LogP contribution in [0.5, 0.6) is 0 Å². The van der Waals surface area contributed by atoms with Crippen LogP contribution in [0.3, 0.4) is 0 Å². The fourth-order valence-corrected chi connectivity index (χ4v) is 1.23. The third kappa shape index (κ3) is 1.72. The molecule has 6 heteroatoms. The van der Waals surface area contributed by atoms with E-state index in [0.29, 0.717) is 11.5 Å². The van der Waals surface area contributed by atoms with E-state index in [-0.39, 0.29) is 17.4 Å². The number of anilines is 1. The van der Waals surface area contributed by atoms with Crippen LogP contribution in [-0.4, -0.2) is 22.9 Å². The highest BCUT2D eigenvalue weighted by molar-refractivity contribution is 5.96. The summed E-state index contributed by atoms with van der Waals surface area (Å²) in [6, 6.07) is 3.46. The number of nitrogens with zero attached hydrogens (tertiary/aromatic N) is 2. The van der Waals surface area contributed by atoms with Crippen LogP contribution >= 0.6 is 0 Å². The minimum Gasteiger partial charge on any atom is -0.463 e. The summed E-state index contributed by atoms with van der Waals surface area (Å²) in [7, 11) is 1.50. The Morgan fingerprint density at radius 3 is 3.00 bits per heavy atom. The minimum atomic E-state index is -0.376. The van der Waals surface area contributed by atoms with Crippen LogP contribution in [0.25, 0.3) is 11.5 Å². The molecule has 2 rings (SSSR count). The van der Waals surface area contributed by atoms with E-state index >= 15 is 0 Å². The zero-order valence-corrected chi connectivity index (χ0v) is 8.60. The van der Waals surface area contributed by atoms with Gasteiger partial charge >= 0.3 is 0 Å². The van der Waals surface area contributed by atoms with Crippen molar-refractivity contribution >= 4 is 11.7 Å². The Kier molecular flexibility index (Phi) is 2.55. The van der Waals surface area contributed by atoms with Crippen LogP contribution in [0, 0.1) is 0 Å². The van der Waals surface area contributed by atoms with Gasteiger partial charge in [0, 0.05) is 7.05 Å². The monoisotopic (exact) mass is 218 g/mol. The first-order valence-corrected chi connectivity index (χ1v) is 4.61. The fraction of sp³-hybridized carbons (Fsp3) is 0.100. The number of rotatable bonds is 2. The van der Waals surface area contributed by atoms with Gasteiger partial charge in [-0.05, 0) is 12.1 Å². The van der Waals surface area contributed by atoms with Crippen molar-refractivity contribution < 1.29 is 9.21 Å². The van der Waals surface area contributed by atoms with E-state index in [2.05, 4.69) is 15.3 Å². The van der Waals surface area contributed by atoms with Crippen molar-refractivity contribution in [3.63, 3.8) is 0 Å². The summed E-state index contributed by atoms with van der Waals surface area (Å²) in [5.41, 5.74) is 6.12. The average Bonchev–Trinajstić information content (AvgIpc) is 2.82. The number of furan rings is 1. The number of carbonyl (C=O) groups excluding carboxylic acids is 1. The van der Waals surface area contributed by atoms with Gasteiger partial charge in [0.1, 0.15) is 5.69 Å². The number of nitrogens with one attached hydrogen (secondary N) is 1. The molecule has 0 aliphatic carbocycles. The third-order valence-corrected chi connectivity index (χ3v) is 2.02. The molecule has 3 N–H and O–H groups in total. The summed E-state index contributed by atoms with van der Waals surface area (Å²) in [4.78, 5) is 19.4. The molecule has 0 bridgehead atoms. The Morgan fingerprint density at radius 1 is 1.56 bits per heavy atom. The predicted octanol–water partition coefficient (Wildman–Crippen LogP) is 0.678. The summed E-state index contributed by atoms with van der Waals surface area (Å²) in [6.45, 7) is 0. The minimum absolute atomic E-state index is 0.0923. The maximum Gasteiger partial charge on any atom is 0.273 e. The molecule has 2 aromatic rings. The molecule has 0 aliphatic heterocycles. The first kappa shape index (κ1) is 10.2. The predicted molar refractivity (Wildman–Crippen MR) is 57.5 cm³/mol. The Morgan fingerprint density at radius 2 is 2.38 bits per heavy atom. The van der Waals surface area contributed by atoms with Gasteiger partial charge in [-0.2, -0.15) is 0 Å². The molecule has 0 atom stereocenters. The molecule has 0 radical (unpaired) electrons. The van der Waals surface area contributed by atoms with E-state index in [1.165, 1.54) is 19.5 Å². The van der Waals surface area contributed by atoms with Crippen molar-refractivity contribution in [2.24, 2.45) is 0 Å². The fourth-order valence-electron chi connectivity index (χ4n) is 1.23. The lowest BCUT2D eigenvalue weighted by atomic mass is 10.3. The second kappa shape index (κ2) is 4.01. The lowest BCUT2D eigenvalue weighted by Crippen LogP contribution is -2.21. The van der Waals surface area contributed by atoms with Gasteiger partial charge in [-0.1, -0.05) is 0 Å². The summed E-state index contributed by atoms with van der Waals surface area (Å²) in [6.07, 6.45) is 2.98. The Balaban J connectivity index is 2.47. The number of hydrogen-bond acceptors (Lipinski definition) is 5. The average molecular weight is 218 g/mol. The standard InChI is InChI=1S/C10H10N4O2/c1-12-10(15)8-9(11)13-5-6(14-8)7-3-2-4-16-7/h2-5H,1H3,(H2,11,13)(H,12,15). The normalized spacial score (nSPS) is 10.1. The van der Waals surface area contributed by atoms with Crippen LogP contribution in [0.1, 0.15) is 10.5 Å². The van der Waals surface area contributed by atoms with E-state index in [9.17, 15) is 4.79 Å². The molecule has 0 aromatic carbocycles. The van der Waals surface area contributed by atoms with E-state index in [1.807, 2.05) is 0 Å². The number of nitrogen functional groups attached to an aromatic ring is 1. The lowest BCUT2D eigenvalue weighted by molar-refractivity contribution is 0.0959. The van der Waals surface area contributed by atoms with E-state index in [4.69, 9.17) is 10.2 Å². The third-order valence-electron chi connectivity index (χ3n) is 2.02. The molecule has 0 fully saturated rings. The highest BCUT2D eigenvalue weighted by Gasteiger charge is 2.13. The van der Waals surface area contributed by atoms with Crippen LogP contribution in [0.2, 0.25) is 0 Å². The van der Waals surface area contributed by atoms with Crippen molar-refractivity contribution in [3.05, 3.63) is 30.3 Å². The number of hydrogen-bond donors (Lipinski definition) is 2. The maximum absolute atomic E-state index is 11.4. The Labute approximate surface area is 91.5 Å². The van der Waals surface area contributed by atoms with Gasteiger partial charge in [-0.25, -0.2) is 9.97 Å². The molecule has 6 nitrogen and oxygen atoms in total. The second-order valence-corrected chi connectivity index (χ2v) is 3.05. The topological polar surface area (TPSA) is 94.0 Å². The van der Waals surface area contributed by atoms with Gasteiger partial charge < -0.3 is 15.5 Å². The Hall–Kier alpha value is -2.37. The molecule has 1 amide bonds. The van der Waals surface area contributed by atoms with Gasteiger partial charge in [0.05, 0.1) is 12.5 Å². The largest absolute Gasteiger partial charge is 0.463 e. The summed E-state index contributed by atoms with van der Waals surface area (Å²) in [5, 5.41) is 2.44. The molecule has 2 aromatic heterocycles. The van der Waals surface area contributed by atoms with Crippen molar-refractivity contribution in [1.29, 1.82) is 0 Å². The summed E-state index contributed by atoms with van der Waals surface area (Å²) in [5.74, 6) is 0.255. The molecule has 2 heterocycles. The molecule has 16 heavy (non-hydrogen) atoms. The highest BCUT2D eigenvalue weighted by Crippen LogP contribution is 2.18. The summed E-state index contributed by atoms with van der Waals surface area (Å²) >= 11 is 0. The molecule has 0 aliphatic rings.